The number of rotatable bonds is 15. The van der Waals surface area contributed by atoms with Gasteiger partial charge in [-0.3, -0.25) is 14.5 Å². The van der Waals surface area contributed by atoms with Crippen molar-refractivity contribution >= 4 is 18.0 Å². The number of aliphatic hydroxyl groups excluding tert-OH is 1. The van der Waals surface area contributed by atoms with E-state index < -0.39 is 30.1 Å². The molecule has 1 aromatic heterocycles. The molecule has 0 amide bonds. The molecule has 1 unspecified atom stereocenters. The fourth-order valence-electron chi connectivity index (χ4n) is 4.96. The number of aliphatic hydroxyl groups is 1. The zero-order valence-corrected chi connectivity index (χ0v) is 26.4. The Balaban J connectivity index is 1.65. The molecule has 46 heavy (non-hydrogen) atoms. The molecule has 1 N–H and O–H groups in total. The number of nitrogens with zero attached hydrogens (tertiary/aromatic N) is 4. The van der Waals surface area contributed by atoms with E-state index in [0.717, 1.165) is 48.2 Å². The van der Waals surface area contributed by atoms with Gasteiger partial charge in [-0.2, -0.15) is 18.2 Å². The largest absolute Gasteiger partial charge is 0.416 e. The van der Waals surface area contributed by atoms with Crippen molar-refractivity contribution in [2.24, 2.45) is 0 Å². The number of alkyl halides is 3. The third-order valence-electron chi connectivity index (χ3n) is 7.70. The van der Waals surface area contributed by atoms with E-state index in [9.17, 15) is 32.3 Å². The average Bonchev–Trinajstić information content (AvgIpc) is 3.05. The van der Waals surface area contributed by atoms with Crippen LogP contribution in [0.15, 0.2) is 88.9 Å². The van der Waals surface area contributed by atoms with Crippen LogP contribution in [-0.2, 0) is 29.9 Å². The Hall–Kier alpha value is -3.84. The van der Waals surface area contributed by atoms with Gasteiger partial charge in [0, 0.05) is 31.6 Å². The molecule has 0 saturated carbocycles. The number of carbonyl (C=O) groups is 1. The summed E-state index contributed by atoms with van der Waals surface area (Å²) in [5, 5.41) is 10.1. The van der Waals surface area contributed by atoms with Crippen LogP contribution in [0.4, 0.5) is 17.6 Å². The minimum atomic E-state index is -4.41. The summed E-state index contributed by atoms with van der Waals surface area (Å²) in [6.45, 7) is 6.64. The van der Waals surface area contributed by atoms with Gasteiger partial charge in [0.1, 0.15) is 12.0 Å². The van der Waals surface area contributed by atoms with Gasteiger partial charge in [-0.1, -0.05) is 74.1 Å². The second-order valence-electron chi connectivity index (χ2n) is 10.7. The van der Waals surface area contributed by atoms with Crippen molar-refractivity contribution < 1.29 is 27.5 Å². The van der Waals surface area contributed by atoms with Gasteiger partial charge in [-0.25, -0.2) is 4.39 Å². The number of aldehydes is 1. The van der Waals surface area contributed by atoms with Gasteiger partial charge in [0.25, 0.3) is 5.56 Å². The molecule has 0 aliphatic heterocycles. The molecule has 1 atom stereocenters. The first kappa shape index (κ1) is 35.0. The smallest absolute Gasteiger partial charge is 0.391 e. The van der Waals surface area contributed by atoms with Gasteiger partial charge in [-0.05, 0) is 59.6 Å². The van der Waals surface area contributed by atoms with Crippen molar-refractivity contribution in [1.82, 2.24) is 19.4 Å². The molecule has 0 bridgehead atoms. The number of carbonyl (C=O) groups excluding carboxylic acids is 1. The fourth-order valence-corrected chi connectivity index (χ4v) is 5.90. The number of aromatic nitrogens is 2. The van der Waals surface area contributed by atoms with E-state index in [0.29, 0.717) is 31.0 Å². The Morgan fingerprint density at radius 3 is 2.04 bits per heavy atom. The van der Waals surface area contributed by atoms with Crippen LogP contribution >= 0.6 is 11.8 Å². The number of benzene rings is 3. The highest BCUT2D eigenvalue weighted by atomic mass is 32.2. The van der Waals surface area contributed by atoms with E-state index in [1.807, 2.05) is 43.0 Å². The van der Waals surface area contributed by atoms with Crippen LogP contribution in [0, 0.1) is 5.82 Å². The summed E-state index contributed by atoms with van der Waals surface area (Å²) >= 11 is 1.22. The minimum absolute atomic E-state index is 0.0440. The van der Waals surface area contributed by atoms with Crippen molar-refractivity contribution in [2.75, 3.05) is 26.2 Å². The first-order valence-corrected chi connectivity index (χ1v) is 15.8. The maximum atomic E-state index is 13.4. The van der Waals surface area contributed by atoms with Crippen molar-refractivity contribution in [1.29, 1.82) is 0 Å². The molecule has 244 valence electrons. The zero-order chi connectivity index (χ0) is 33.3. The normalized spacial score (nSPS) is 12.5. The summed E-state index contributed by atoms with van der Waals surface area (Å²) in [7, 11) is 0. The van der Waals surface area contributed by atoms with E-state index >= 15 is 0 Å². The Kier molecular flexibility index (Phi) is 12.3. The lowest BCUT2D eigenvalue weighted by Gasteiger charge is -2.33. The molecule has 7 nitrogen and oxygen atoms in total. The van der Waals surface area contributed by atoms with Crippen molar-refractivity contribution in [2.45, 2.75) is 50.3 Å². The number of hydrogen-bond donors (Lipinski definition) is 1. The highest BCUT2D eigenvalue weighted by molar-refractivity contribution is 7.98. The van der Waals surface area contributed by atoms with E-state index in [4.69, 9.17) is 0 Å². The first-order chi connectivity index (χ1) is 22.1. The highest BCUT2D eigenvalue weighted by Gasteiger charge is 2.30. The van der Waals surface area contributed by atoms with E-state index in [1.165, 1.54) is 42.2 Å². The minimum Gasteiger partial charge on any atom is -0.391 e. The van der Waals surface area contributed by atoms with E-state index in [2.05, 4.69) is 9.88 Å². The molecule has 0 saturated heterocycles. The Bertz CT molecular complexity index is 1630. The lowest BCUT2D eigenvalue weighted by molar-refractivity contribution is -0.137. The SMILES string of the molecule is CCN(CC)CCN(Cc1ccc(-c2ccc(C(F)(F)F)cc2)cc1)C(C=O)n1cc(CO)c(=O)nc1SCc1ccc(F)cc1. The van der Waals surface area contributed by atoms with Gasteiger partial charge >= 0.3 is 6.18 Å². The van der Waals surface area contributed by atoms with Crippen LogP contribution in [0.1, 0.15) is 42.3 Å². The van der Waals surface area contributed by atoms with Crippen molar-refractivity contribution in [3.63, 3.8) is 0 Å². The number of hydrogen-bond acceptors (Lipinski definition) is 7. The predicted octanol–water partition coefficient (Wildman–Crippen LogP) is 6.39. The Labute approximate surface area is 269 Å². The highest BCUT2D eigenvalue weighted by Crippen LogP contribution is 2.31. The quantitative estimate of drug-likeness (QED) is 0.0688. The van der Waals surface area contributed by atoms with E-state index in [-0.39, 0.29) is 16.5 Å². The standard InChI is InChI=1S/C34H36F4N4O3S/c1-3-40(4-2)17-18-41(19-24-5-9-26(10-6-24)27-11-13-29(14-12-27)34(36,37)38)31(22-44)42-20-28(21-43)32(45)39-33(42)46-23-25-7-15-30(35)16-8-25/h5-16,20,22,31,43H,3-4,17-19,21,23H2,1-2H3. The molecule has 0 aliphatic rings. The summed E-state index contributed by atoms with van der Waals surface area (Å²) in [6.07, 6.45) is -3.07. The lowest BCUT2D eigenvalue weighted by atomic mass is 10.0. The third kappa shape index (κ3) is 9.12. The molecule has 0 spiro atoms. The summed E-state index contributed by atoms with van der Waals surface area (Å²) < 4.78 is 54.1. The molecule has 1 heterocycles. The average molecular weight is 657 g/mol. The van der Waals surface area contributed by atoms with Crippen LogP contribution in [0.25, 0.3) is 11.1 Å². The van der Waals surface area contributed by atoms with Gasteiger partial charge in [0.05, 0.1) is 17.7 Å². The number of likely N-dealkylation sites (N-methyl/N-ethyl adjacent to an activating group) is 1. The molecule has 0 aliphatic carbocycles. The Morgan fingerprint density at radius 1 is 0.913 bits per heavy atom. The monoisotopic (exact) mass is 656 g/mol. The summed E-state index contributed by atoms with van der Waals surface area (Å²) in [6, 6.07) is 18.3. The van der Waals surface area contributed by atoms with E-state index in [1.54, 1.807) is 16.7 Å². The zero-order valence-electron chi connectivity index (χ0n) is 25.6. The second kappa shape index (κ2) is 16.1. The topological polar surface area (TPSA) is 78.7 Å². The van der Waals surface area contributed by atoms with Gasteiger partial charge in [0.15, 0.2) is 11.4 Å². The van der Waals surface area contributed by atoms with Crippen molar-refractivity contribution in [3.8, 4) is 11.1 Å². The molecule has 3 aromatic carbocycles. The third-order valence-corrected chi connectivity index (χ3v) is 8.74. The second-order valence-corrected chi connectivity index (χ2v) is 11.6. The number of halogens is 4. The Morgan fingerprint density at radius 2 is 1.50 bits per heavy atom. The maximum absolute atomic E-state index is 13.4. The van der Waals surface area contributed by atoms with Crippen LogP contribution in [-0.4, -0.2) is 56.9 Å². The summed E-state index contributed by atoms with van der Waals surface area (Å²) in [4.78, 5) is 33.8. The predicted molar refractivity (Wildman–Crippen MR) is 171 cm³/mol. The van der Waals surface area contributed by atoms with Crippen molar-refractivity contribution in [3.05, 3.63) is 117 Å². The molecule has 0 radical (unpaired) electrons. The van der Waals surface area contributed by atoms with Crippen LogP contribution in [0.3, 0.4) is 0 Å². The summed E-state index contributed by atoms with van der Waals surface area (Å²) in [5.74, 6) is -0.00455. The van der Waals surface area contributed by atoms with Gasteiger partial charge < -0.3 is 14.6 Å². The molecule has 12 heteroatoms. The maximum Gasteiger partial charge on any atom is 0.416 e. The molecular weight excluding hydrogens is 620 g/mol. The summed E-state index contributed by atoms with van der Waals surface area (Å²) in [5.41, 5.74) is 1.78. The van der Waals surface area contributed by atoms with Crippen LogP contribution < -0.4 is 5.56 Å². The van der Waals surface area contributed by atoms with Crippen LogP contribution in [0.2, 0.25) is 0 Å². The van der Waals surface area contributed by atoms with Gasteiger partial charge in [-0.15, -0.1) is 0 Å². The van der Waals surface area contributed by atoms with Crippen LogP contribution in [0.5, 0.6) is 0 Å². The lowest BCUT2D eigenvalue weighted by Crippen LogP contribution is -2.40. The number of thioether (sulfide) groups is 1. The fraction of sp³-hybridized carbons (Fsp3) is 0.324. The first-order valence-electron chi connectivity index (χ1n) is 14.8. The molecule has 0 fully saturated rings. The molecule has 4 aromatic rings. The molecule has 4 rings (SSSR count). The van der Waals surface area contributed by atoms with Gasteiger partial charge in [0.2, 0.25) is 0 Å². The molecular formula is C34H36F4N4O3S.